The Morgan fingerprint density at radius 1 is 1.50 bits per heavy atom. The normalized spacial score (nSPS) is 22.9. The number of likely N-dealkylation sites (tertiary alicyclic amines) is 1. The van der Waals surface area contributed by atoms with Crippen molar-refractivity contribution in [2.24, 2.45) is 17.4 Å². The summed E-state index contributed by atoms with van der Waals surface area (Å²) in [7, 11) is 1.73. The summed E-state index contributed by atoms with van der Waals surface area (Å²) >= 11 is 0. The van der Waals surface area contributed by atoms with Gasteiger partial charge in [-0.3, -0.25) is 4.79 Å². The molecular weight excluding hydrogens is 206 g/mol. The second-order valence-electron chi connectivity index (χ2n) is 4.96. The maximum atomic E-state index is 11.1. The van der Waals surface area contributed by atoms with Crippen LogP contribution in [0.5, 0.6) is 0 Å². The average molecular weight is 229 g/mol. The first-order valence-corrected chi connectivity index (χ1v) is 5.76. The number of methoxy groups -OCH3 is 1. The standard InChI is InChI=1S/C11H23N3O2/c1-11(13,10(12)15)8-14-5-3-9(4-6-14)7-16-2/h9H,3-8,13H2,1-2H3,(H2,12,15). The van der Waals surface area contributed by atoms with E-state index in [1.165, 1.54) is 0 Å². The maximum absolute atomic E-state index is 11.1. The van der Waals surface area contributed by atoms with E-state index in [0.29, 0.717) is 12.5 Å². The highest BCUT2D eigenvalue weighted by molar-refractivity contribution is 5.84. The molecule has 1 aliphatic heterocycles. The van der Waals surface area contributed by atoms with Gasteiger partial charge in [0.2, 0.25) is 5.91 Å². The Labute approximate surface area is 97.1 Å². The highest BCUT2D eigenvalue weighted by Crippen LogP contribution is 2.18. The van der Waals surface area contributed by atoms with Gasteiger partial charge in [-0.2, -0.15) is 0 Å². The number of primary amides is 1. The lowest BCUT2D eigenvalue weighted by molar-refractivity contribution is -0.123. The first kappa shape index (κ1) is 13.4. The van der Waals surface area contributed by atoms with Gasteiger partial charge < -0.3 is 21.1 Å². The van der Waals surface area contributed by atoms with Gasteiger partial charge in [0.1, 0.15) is 5.54 Å². The van der Waals surface area contributed by atoms with Gasteiger partial charge >= 0.3 is 0 Å². The molecular formula is C11H23N3O2. The average Bonchev–Trinajstić information content (AvgIpc) is 2.21. The van der Waals surface area contributed by atoms with Crippen molar-refractivity contribution in [3.63, 3.8) is 0 Å². The Hall–Kier alpha value is -0.650. The van der Waals surface area contributed by atoms with Crippen LogP contribution in [0.25, 0.3) is 0 Å². The van der Waals surface area contributed by atoms with Gasteiger partial charge in [-0.05, 0) is 38.8 Å². The molecule has 1 amide bonds. The second kappa shape index (κ2) is 5.61. The van der Waals surface area contributed by atoms with E-state index in [2.05, 4.69) is 4.90 Å². The van der Waals surface area contributed by atoms with Crippen LogP contribution in [-0.4, -0.2) is 49.7 Å². The van der Waals surface area contributed by atoms with Crippen molar-refractivity contribution in [1.29, 1.82) is 0 Å². The zero-order valence-electron chi connectivity index (χ0n) is 10.2. The predicted octanol–water partition coefficient (Wildman–Crippen LogP) is -0.452. The highest BCUT2D eigenvalue weighted by Gasteiger charge is 2.30. The van der Waals surface area contributed by atoms with Gasteiger partial charge in [0.15, 0.2) is 0 Å². The van der Waals surface area contributed by atoms with E-state index in [1.54, 1.807) is 14.0 Å². The Bertz CT molecular complexity index is 235. The van der Waals surface area contributed by atoms with Crippen LogP contribution < -0.4 is 11.5 Å². The minimum absolute atomic E-state index is 0.438. The molecule has 5 nitrogen and oxygen atoms in total. The van der Waals surface area contributed by atoms with Crippen LogP contribution in [0.1, 0.15) is 19.8 Å². The van der Waals surface area contributed by atoms with Gasteiger partial charge in [-0.1, -0.05) is 0 Å². The van der Waals surface area contributed by atoms with Gasteiger partial charge in [0.25, 0.3) is 0 Å². The molecule has 4 N–H and O–H groups in total. The van der Waals surface area contributed by atoms with Crippen LogP contribution in [0.15, 0.2) is 0 Å². The number of hydrogen-bond acceptors (Lipinski definition) is 4. The molecule has 1 fully saturated rings. The number of carbonyl (C=O) groups is 1. The first-order chi connectivity index (χ1) is 7.45. The number of ether oxygens (including phenoxy) is 1. The number of amides is 1. The van der Waals surface area contributed by atoms with Crippen LogP contribution in [-0.2, 0) is 9.53 Å². The van der Waals surface area contributed by atoms with Gasteiger partial charge in [-0.15, -0.1) is 0 Å². The Balaban J connectivity index is 2.34. The topological polar surface area (TPSA) is 81.6 Å². The third-order valence-corrected chi connectivity index (χ3v) is 3.22. The van der Waals surface area contributed by atoms with E-state index >= 15 is 0 Å². The van der Waals surface area contributed by atoms with Crippen molar-refractivity contribution in [2.75, 3.05) is 33.4 Å². The molecule has 1 unspecified atom stereocenters. The number of hydrogen-bond donors (Lipinski definition) is 2. The van der Waals surface area contributed by atoms with Crippen molar-refractivity contribution < 1.29 is 9.53 Å². The number of nitrogens with zero attached hydrogens (tertiary/aromatic N) is 1. The fraction of sp³-hybridized carbons (Fsp3) is 0.909. The van der Waals surface area contributed by atoms with Crippen molar-refractivity contribution in [2.45, 2.75) is 25.3 Å². The lowest BCUT2D eigenvalue weighted by Gasteiger charge is -2.35. The highest BCUT2D eigenvalue weighted by atomic mass is 16.5. The van der Waals surface area contributed by atoms with Crippen LogP contribution in [0.2, 0.25) is 0 Å². The van der Waals surface area contributed by atoms with E-state index in [-0.39, 0.29) is 0 Å². The van der Waals surface area contributed by atoms with Crippen LogP contribution in [0.3, 0.4) is 0 Å². The number of piperidine rings is 1. The lowest BCUT2D eigenvalue weighted by atomic mass is 9.95. The molecule has 0 aliphatic carbocycles. The Morgan fingerprint density at radius 3 is 2.50 bits per heavy atom. The molecule has 0 aromatic carbocycles. The summed E-state index contributed by atoms with van der Waals surface area (Å²) in [5.74, 6) is 0.199. The Kier molecular flexibility index (Phi) is 4.70. The Morgan fingerprint density at radius 2 is 2.06 bits per heavy atom. The minimum Gasteiger partial charge on any atom is -0.384 e. The summed E-state index contributed by atoms with van der Waals surface area (Å²) in [5.41, 5.74) is 10.2. The predicted molar refractivity (Wildman–Crippen MR) is 62.8 cm³/mol. The van der Waals surface area contributed by atoms with E-state index in [0.717, 1.165) is 32.5 Å². The molecule has 1 aliphatic rings. The largest absolute Gasteiger partial charge is 0.384 e. The van der Waals surface area contributed by atoms with E-state index in [9.17, 15) is 4.79 Å². The zero-order chi connectivity index (χ0) is 12.2. The number of carbonyl (C=O) groups excluding carboxylic acids is 1. The summed E-state index contributed by atoms with van der Waals surface area (Å²) in [5, 5.41) is 0. The van der Waals surface area contributed by atoms with E-state index in [1.807, 2.05) is 0 Å². The fourth-order valence-corrected chi connectivity index (χ4v) is 2.09. The smallest absolute Gasteiger partial charge is 0.238 e. The summed E-state index contributed by atoms with van der Waals surface area (Å²) in [6.07, 6.45) is 2.20. The summed E-state index contributed by atoms with van der Waals surface area (Å²) in [6.45, 7) is 4.99. The molecule has 1 atom stereocenters. The summed E-state index contributed by atoms with van der Waals surface area (Å²) < 4.78 is 5.14. The van der Waals surface area contributed by atoms with Crippen LogP contribution in [0, 0.1) is 5.92 Å². The quantitative estimate of drug-likeness (QED) is 0.669. The van der Waals surface area contributed by atoms with Gasteiger partial charge in [-0.25, -0.2) is 0 Å². The molecule has 0 radical (unpaired) electrons. The van der Waals surface area contributed by atoms with Gasteiger partial charge in [0, 0.05) is 20.3 Å². The molecule has 0 bridgehead atoms. The molecule has 1 rings (SSSR count). The van der Waals surface area contributed by atoms with Crippen molar-refractivity contribution in [3.05, 3.63) is 0 Å². The second-order valence-corrected chi connectivity index (χ2v) is 4.96. The van der Waals surface area contributed by atoms with E-state index in [4.69, 9.17) is 16.2 Å². The molecule has 0 spiro atoms. The van der Waals surface area contributed by atoms with Crippen molar-refractivity contribution >= 4 is 5.91 Å². The van der Waals surface area contributed by atoms with Crippen molar-refractivity contribution in [3.8, 4) is 0 Å². The molecule has 5 heteroatoms. The zero-order valence-corrected chi connectivity index (χ0v) is 10.2. The summed E-state index contributed by atoms with van der Waals surface area (Å²) in [6, 6.07) is 0. The fourth-order valence-electron chi connectivity index (χ4n) is 2.09. The van der Waals surface area contributed by atoms with Gasteiger partial charge in [0.05, 0.1) is 0 Å². The molecule has 0 saturated carbocycles. The molecule has 0 aromatic heterocycles. The molecule has 0 aromatic rings. The first-order valence-electron chi connectivity index (χ1n) is 5.76. The number of nitrogens with two attached hydrogens (primary N) is 2. The van der Waals surface area contributed by atoms with Crippen molar-refractivity contribution in [1.82, 2.24) is 4.90 Å². The third kappa shape index (κ3) is 3.73. The number of rotatable bonds is 5. The van der Waals surface area contributed by atoms with E-state index < -0.39 is 11.4 Å². The third-order valence-electron chi connectivity index (χ3n) is 3.22. The summed E-state index contributed by atoms with van der Waals surface area (Å²) in [4.78, 5) is 13.3. The molecule has 16 heavy (non-hydrogen) atoms. The molecule has 1 saturated heterocycles. The minimum atomic E-state index is -0.923. The maximum Gasteiger partial charge on any atom is 0.238 e. The molecule has 1 heterocycles. The molecule has 94 valence electrons. The van der Waals surface area contributed by atoms with Crippen LogP contribution >= 0.6 is 0 Å². The lowest BCUT2D eigenvalue weighted by Crippen LogP contribution is -2.57. The monoisotopic (exact) mass is 229 g/mol. The SMILES string of the molecule is COCC1CCN(CC(C)(N)C(N)=O)CC1. The van der Waals surface area contributed by atoms with Crippen LogP contribution in [0.4, 0.5) is 0 Å².